The minimum absolute atomic E-state index is 0.127. The van der Waals surface area contributed by atoms with Crippen LogP contribution >= 0.6 is 0 Å². The van der Waals surface area contributed by atoms with Crippen LogP contribution in [-0.4, -0.2) is 30.0 Å². The summed E-state index contributed by atoms with van der Waals surface area (Å²) in [4.78, 5) is 35.0. The smallest absolute Gasteiger partial charge is 0.329 e. The summed E-state index contributed by atoms with van der Waals surface area (Å²) < 4.78 is 0. The molecule has 0 aromatic heterocycles. The molecule has 0 spiro atoms. The summed E-state index contributed by atoms with van der Waals surface area (Å²) in [5, 5.41) is 3.79. The van der Waals surface area contributed by atoms with E-state index in [1.807, 2.05) is 12.1 Å². The third kappa shape index (κ3) is 3.44. The highest BCUT2D eigenvalue weighted by Crippen LogP contribution is 2.21. The number of nitrogens with zero attached hydrogens (tertiary/aromatic N) is 2. The van der Waals surface area contributed by atoms with Crippen molar-refractivity contribution < 1.29 is 14.4 Å². The molecule has 110 valence electrons. The second kappa shape index (κ2) is 6.17. The van der Waals surface area contributed by atoms with Crippen molar-refractivity contribution in [3.05, 3.63) is 29.8 Å². The number of nitrogens with one attached hydrogen (secondary N) is 1. The fourth-order valence-corrected chi connectivity index (χ4v) is 2.06. The zero-order valence-corrected chi connectivity index (χ0v) is 11.6. The number of anilines is 1. The summed E-state index contributed by atoms with van der Waals surface area (Å²) in [6.45, 7) is 2.43. The first kappa shape index (κ1) is 14.7. The fourth-order valence-electron chi connectivity index (χ4n) is 2.06. The zero-order valence-electron chi connectivity index (χ0n) is 11.6. The number of amides is 3. The topological polar surface area (TPSA) is 105 Å². The highest BCUT2D eigenvalue weighted by Gasteiger charge is 2.21. The van der Waals surface area contributed by atoms with Gasteiger partial charge in [0.1, 0.15) is 0 Å². The molecule has 7 nitrogen and oxygen atoms in total. The number of hydrazone groups is 1. The monoisotopic (exact) mass is 288 g/mol. The van der Waals surface area contributed by atoms with Crippen LogP contribution in [0, 0.1) is 0 Å². The van der Waals surface area contributed by atoms with Crippen LogP contribution in [0.15, 0.2) is 29.4 Å². The molecule has 1 fully saturated rings. The van der Waals surface area contributed by atoms with E-state index in [-0.39, 0.29) is 5.91 Å². The highest BCUT2D eigenvalue weighted by atomic mass is 16.2. The Kier molecular flexibility index (Phi) is 4.32. The summed E-state index contributed by atoms with van der Waals surface area (Å²) >= 11 is 0. The normalized spacial score (nSPS) is 15.2. The number of rotatable bonds is 3. The van der Waals surface area contributed by atoms with E-state index >= 15 is 0 Å². The maximum atomic E-state index is 11.6. The molecule has 3 amide bonds. The van der Waals surface area contributed by atoms with Crippen LogP contribution in [0.1, 0.15) is 25.3 Å². The fraction of sp³-hybridized carbons (Fsp3) is 0.286. The third-order valence-electron chi connectivity index (χ3n) is 3.22. The first-order valence-electron chi connectivity index (χ1n) is 6.54. The van der Waals surface area contributed by atoms with Crippen molar-refractivity contribution in [1.82, 2.24) is 5.43 Å². The predicted molar refractivity (Wildman–Crippen MR) is 77.6 cm³/mol. The quantitative estimate of drug-likeness (QED) is 0.469. The van der Waals surface area contributed by atoms with Gasteiger partial charge in [0.25, 0.3) is 0 Å². The largest absolute Gasteiger partial charge is 0.361 e. The van der Waals surface area contributed by atoms with Crippen molar-refractivity contribution in [2.24, 2.45) is 10.8 Å². The molecule has 0 aliphatic carbocycles. The first-order valence-corrected chi connectivity index (χ1v) is 6.54. The van der Waals surface area contributed by atoms with Crippen molar-refractivity contribution in [2.45, 2.75) is 19.8 Å². The van der Waals surface area contributed by atoms with Crippen molar-refractivity contribution in [3.63, 3.8) is 0 Å². The summed E-state index contributed by atoms with van der Waals surface area (Å²) in [5.41, 5.74) is 9.02. The molecule has 1 aliphatic heterocycles. The van der Waals surface area contributed by atoms with Crippen LogP contribution in [0.4, 0.5) is 5.69 Å². The number of benzene rings is 1. The molecule has 1 aromatic carbocycles. The molecule has 1 saturated heterocycles. The number of nitrogens with two attached hydrogens (primary N) is 1. The maximum Gasteiger partial charge on any atom is 0.329 e. The molecule has 0 unspecified atom stereocenters. The number of carbonyl (C=O) groups excluding carboxylic acids is 3. The summed E-state index contributed by atoms with van der Waals surface area (Å²) in [7, 11) is 0. The predicted octanol–water partition coefficient (Wildman–Crippen LogP) is 0.139. The van der Waals surface area contributed by atoms with E-state index in [9.17, 15) is 14.4 Å². The van der Waals surface area contributed by atoms with E-state index in [0.717, 1.165) is 24.2 Å². The average Bonchev–Trinajstić information content (AvgIpc) is 2.90. The Bertz CT molecular complexity index is 607. The summed E-state index contributed by atoms with van der Waals surface area (Å²) in [6.07, 6.45) is 1.46. The van der Waals surface area contributed by atoms with E-state index in [1.54, 1.807) is 24.0 Å². The number of hydrogen-bond acceptors (Lipinski definition) is 4. The Hall–Kier alpha value is -2.70. The van der Waals surface area contributed by atoms with Crippen molar-refractivity contribution in [3.8, 4) is 0 Å². The van der Waals surface area contributed by atoms with Crippen molar-refractivity contribution in [2.75, 3.05) is 11.4 Å². The van der Waals surface area contributed by atoms with Gasteiger partial charge >= 0.3 is 11.8 Å². The number of primary amides is 1. The molecule has 0 atom stereocenters. The third-order valence-corrected chi connectivity index (χ3v) is 3.22. The van der Waals surface area contributed by atoms with E-state index in [4.69, 9.17) is 5.73 Å². The van der Waals surface area contributed by atoms with Gasteiger partial charge in [0, 0.05) is 18.7 Å². The summed E-state index contributed by atoms with van der Waals surface area (Å²) in [5.74, 6) is -1.93. The molecule has 7 heteroatoms. The molecule has 1 heterocycles. The molecular formula is C14H16N4O3. The standard InChI is InChI=1S/C14H16N4O3/c1-9(16-17-14(21)13(15)20)10-4-6-11(7-5-10)18-8-2-3-12(18)19/h4-7H,2-3,8H2,1H3,(H2,15,20)(H,17,21)/b16-9-. The molecule has 1 aliphatic rings. The van der Waals surface area contributed by atoms with Crippen LogP contribution < -0.4 is 16.1 Å². The van der Waals surface area contributed by atoms with Gasteiger partial charge in [-0.3, -0.25) is 14.4 Å². The second-order valence-electron chi connectivity index (χ2n) is 4.70. The number of carbonyl (C=O) groups is 3. The second-order valence-corrected chi connectivity index (χ2v) is 4.70. The van der Waals surface area contributed by atoms with Crippen LogP contribution in [0.25, 0.3) is 0 Å². The van der Waals surface area contributed by atoms with Gasteiger partial charge in [-0.25, -0.2) is 5.43 Å². The van der Waals surface area contributed by atoms with Crippen molar-refractivity contribution >= 4 is 29.1 Å². The van der Waals surface area contributed by atoms with Gasteiger partial charge in [0.2, 0.25) is 5.91 Å². The maximum absolute atomic E-state index is 11.6. The molecule has 3 N–H and O–H groups in total. The van der Waals surface area contributed by atoms with E-state index in [1.165, 1.54) is 0 Å². The lowest BCUT2D eigenvalue weighted by Gasteiger charge is -2.15. The molecule has 0 radical (unpaired) electrons. The zero-order chi connectivity index (χ0) is 15.4. The average molecular weight is 288 g/mol. The number of hydrogen-bond donors (Lipinski definition) is 2. The Morgan fingerprint density at radius 1 is 1.29 bits per heavy atom. The lowest BCUT2D eigenvalue weighted by atomic mass is 10.1. The van der Waals surface area contributed by atoms with E-state index in [0.29, 0.717) is 12.1 Å². The van der Waals surface area contributed by atoms with Crippen LogP contribution in [0.2, 0.25) is 0 Å². The van der Waals surface area contributed by atoms with Gasteiger partial charge in [-0.15, -0.1) is 0 Å². The first-order chi connectivity index (χ1) is 9.99. The van der Waals surface area contributed by atoms with Gasteiger partial charge in [-0.05, 0) is 31.0 Å². The van der Waals surface area contributed by atoms with E-state index in [2.05, 4.69) is 10.5 Å². The molecule has 0 bridgehead atoms. The van der Waals surface area contributed by atoms with Crippen LogP contribution in [0.5, 0.6) is 0 Å². The lowest BCUT2D eigenvalue weighted by Crippen LogP contribution is -2.33. The van der Waals surface area contributed by atoms with Gasteiger partial charge in [-0.2, -0.15) is 5.10 Å². The molecular weight excluding hydrogens is 272 g/mol. The Morgan fingerprint density at radius 2 is 1.95 bits per heavy atom. The van der Waals surface area contributed by atoms with Crippen LogP contribution in [0.3, 0.4) is 0 Å². The summed E-state index contributed by atoms with van der Waals surface area (Å²) in [6, 6.07) is 7.26. The van der Waals surface area contributed by atoms with Gasteiger partial charge < -0.3 is 10.6 Å². The van der Waals surface area contributed by atoms with Crippen molar-refractivity contribution in [1.29, 1.82) is 0 Å². The Morgan fingerprint density at radius 3 is 2.48 bits per heavy atom. The van der Waals surface area contributed by atoms with E-state index < -0.39 is 11.8 Å². The molecule has 2 rings (SSSR count). The van der Waals surface area contributed by atoms with Gasteiger partial charge in [0.05, 0.1) is 5.71 Å². The van der Waals surface area contributed by atoms with Gasteiger partial charge in [0.15, 0.2) is 0 Å². The van der Waals surface area contributed by atoms with Gasteiger partial charge in [-0.1, -0.05) is 12.1 Å². The molecule has 21 heavy (non-hydrogen) atoms. The highest BCUT2D eigenvalue weighted by molar-refractivity contribution is 6.34. The molecule has 1 aromatic rings. The lowest BCUT2D eigenvalue weighted by molar-refractivity contribution is -0.137. The SMILES string of the molecule is C/C(=N/NC(=O)C(N)=O)c1ccc(N2CCCC2=O)cc1. The minimum atomic E-state index is -1.09. The Balaban J connectivity index is 2.07. The minimum Gasteiger partial charge on any atom is -0.361 e. The van der Waals surface area contributed by atoms with Crippen LogP contribution in [-0.2, 0) is 14.4 Å². The molecule has 0 saturated carbocycles. The Labute approximate surface area is 121 Å².